The summed E-state index contributed by atoms with van der Waals surface area (Å²) in [5.74, 6) is -2.89. The number of aryl methyl sites for hydroxylation is 1. The molecule has 0 bridgehead atoms. The van der Waals surface area contributed by atoms with Crippen LogP contribution in [-0.2, 0) is 22.4 Å². The number of esters is 1. The third-order valence-corrected chi connectivity index (χ3v) is 5.57. The van der Waals surface area contributed by atoms with Gasteiger partial charge in [0, 0.05) is 11.1 Å². The third kappa shape index (κ3) is 4.13. The van der Waals surface area contributed by atoms with E-state index in [2.05, 4.69) is 12.2 Å². The fourth-order valence-electron chi connectivity index (χ4n) is 3.91. The first-order chi connectivity index (χ1) is 14.8. The van der Waals surface area contributed by atoms with Crippen LogP contribution >= 0.6 is 0 Å². The molecule has 7 heteroatoms. The van der Waals surface area contributed by atoms with Crippen LogP contribution in [0.4, 0.5) is 14.5 Å². The molecule has 160 valence electrons. The largest absolute Gasteiger partial charge is 0.449 e. The molecule has 1 N–H and O–H groups in total. The molecule has 1 aromatic heterocycles. The summed E-state index contributed by atoms with van der Waals surface area (Å²) < 4.78 is 33.1. The Morgan fingerprint density at radius 2 is 1.84 bits per heavy atom. The highest BCUT2D eigenvalue weighted by Gasteiger charge is 2.28. The van der Waals surface area contributed by atoms with Crippen molar-refractivity contribution >= 4 is 28.5 Å². The van der Waals surface area contributed by atoms with Gasteiger partial charge in [0.25, 0.3) is 5.91 Å². The van der Waals surface area contributed by atoms with Gasteiger partial charge in [0.2, 0.25) is 0 Å². The number of nitrogens with zero attached hydrogens (tertiary/aromatic N) is 1. The minimum atomic E-state index is -1.25. The molecule has 1 heterocycles. The number of rotatable bonds is 4. The molecule has 2 aromatic carbocycles. The zero-order valence-electron chi connectivity index (χ0n) is 17.2. The summed E-state index contributed by atoms with van der Waals surface area (Å²) >= 11 is 0. The van der Waals surface area contributed by atoms with Crippen molar-refractivity contribution in [2.45, 2.75) is 39.2 Å². The van der Waals surface area contributed by atoms with E-state index in [0.717, 1.165) is 36.2 Å². The maximum Gasteiger partial charge on any atom is 0.339 e. The van der Waals surface area contributed by atoms with Gasteiger partial charge in [-0.15, -0.1) is 0 Å². The van der Waals surface area contributed by atoms with Crippen LogP contribution in [0, 0.1) is 17.6 Å². The van der Waals surface area contributed by atoms with Crippen LogP contribution < -0.4 is 5.32 Å². The molecule has 0 fully saturated rings. The van der Waals surface area contributed by atoms with Crippen LogP contribution in [0.2, 0.25) is 0 Å². The van der Waals surface area contributed by atoms with Crippen LogP contribution in [-0.4, -0.2) is 23.0 Å². The SMILES string of the molecule is CC1CCc2nc3ccccc3c(C(=O)OC(C)C(=O)Nc3c(F)cccc3F)c2C1. The Kier molecular flexibility index (Phi) is 5.67. The zero-order valence-corrected chi connectivity index (χ0v) is 17.2. The zero-order chi connectivity index (χ0) is 22.1. The highest BCUT2D eigenvalue weighted by atomic mass is 19.1. The molecular formula is C24H22F2N2O3. The number of hydrogen-bond acceptors (Lipinski definition) is 4. The van der Waals surface area contributed by atoms with Gasteiger partial charge in [-0.05, 0) is 55.9 Å². The van der Waals surface area contributed by atoms with Gasteiger partial charge < -0.3 is 10.1 Å². The minimum absolute atomic E-state index is 0.395. The normalized spacial score (nSPS) is 16.5. The molecule has 2 atom stereocenters. The van der Waals surface area contributed by atoms with E-state index >= 15 is 0 Å². The van der Waals surface area contributed by atoms with Crippen LogP contribution in [0.5, 0.6) is 0 Å². The number of carbonyl (C=O) groups excluding carboxylic acids is 2. The van der Waals surface area contributed by atoms with E-state index < -0.39 is 35.3 Å². The summed E-state index contributed by atoms with van der Waals surface area (Å²) in [4.78, 5) is 30.3. The van der Waals surface area contributed by atoms with Crippen molar-refractivity contribution in [2.24, 2.45) is 5.92 Å². The van der Waals surface area contributed by atoms with Crippen LogP contribution in [0.1, 0.15) is 41.9 Å². The quantitative estimate of drug-likeness (QED) is 0.610. The molecule has 31 heavy (non-hydrogen) atoms. The number of pyridine rings is 1. The number of halogens is 2. The first-order valence-corrected chi connectivity index (χ1v) is 10.2. The van der Waals surface area contributed by atoms with E-state index in [0.29, 0.717) is 28.8 Å². The Morgan fingerprint density at radius 3 is 2.58 bits per heavy atom. The van der Waals surface area contributed by atoms with Crippen LogP contribution in [0.3, 0.4) is 0 Å². The molecule has 1 amide bonds. The third-order valence-electron chi connectivity index (χ3n) is 5.57. The minimum Gasteiger partial charge on any atom is -0.449 e. The lowest BCUT2D eigenvalue weighted by Crippen LogP contribution is -2.31. The van der Waals surface area contributed by atoms with E-state index in [1.807, 2.05) is 18.2 Å². The van der Waals surface area contributed by atoms with Gasteiger partial charge in [0.1, 0.15) is 17.3 Å². The van der Waals surface area contributed by atoms with Crippen molar-refractivity contribution < 1.29 is 23.1 Å². The molecule has 0 aliphatic heterocycles. The molecule has 0 spiro atoms. The summed E-state index contributed by atoms with van der Waals surface area (Å²) in [7, 11) is 0. The lowest BCUT2D eigenvalue weighted by atomic mass is 9.84. The predicted molar refractivity (Wildman–Crippen MR) is 113 cm³/mol. The first kappa shape index (κ1) is 20.9. The highest BCUT2D eigenvalue weighted by molar-refractivity contribution is 6.06. The smallest absolute Gasteiger partial charge is 0.339 e. The van der Waals surface area contributed by atoms with Gasteiger partial charge in [-0.2, -0.15) is 0 Å². The van der Waals surface area contributed by atoms with Gasteiger partial charge in [-0.1, -0.05) is 31.2 Å². The molecule has 3 aromatic rings. The average molecular weight is 424 g/mol. The summed E-state index contributed by atoms with van der Waals surface area (Å²) in [6.45, 7) is 3.48. The van der Waals surface area contributed by atoms with Crippen molar-refractivity contribution in [3.8, 4) is 0 Å². The summed E-state index contributed by atoms with van der Waals surface area (Å²) in [5.41, 5.74) is 2.23. The number of fused-ring (bicyclic) bond motifs is 2. The summed E-state index contributed by atoms with van der Waals surface area (Å²) in [6.07, 6.45) is 1.19. The monoisotopic (exact) mass is 424 g/mol. The van der Waals surface area contributed by atoms with Gasteiger partial charge in [-0.25, -0.2) is 13.6 Å². The number of amides is 1. The Hall–Kier alpha value is -3.35. The standard InChI is InChI=1S/C24H22F2N2O3/c1-13-10-11-20-16(12-13)21(15-6-3-4-9-19(15)27-20)24(30)31-14(2)23(29)28-22-17(25)7-5-8-18(22)26/h3-9,13-14H,10-12H2,1-2H3,(H,28,29). The lowest BCUT2D eigenvalue weighted by Gasteiger charge is -2.24. The van der Waals surface area contributed by atoms with E-state index in [-0.39, 0.29) is 0 Å². The molecule has 0 saturated carbocycles. The van der Waals surface area contributed by atoms with Gasteiger partial charge in [-0.3, -0.25) is 9.78 Å². The fourth-order valence-corrected chi connectivity index (χ4v) is 3.91. The van der Waals surface area contributed by atoms with Gasteiger partial charge in [0.15, 0.2) is 6.10 Å². The second-order valence-electron chi connectivity index (χ2n) is 7.91. The van der Waals surface area contributed by atoms with E-state index in [1.54, 1.807) is 6.07 Å². The van der Waals surface area contributed by atoms with Crippen LogP contribution in [0.25, 0.3) is 10.9 Å². The van der Waals surface area contributed by atoms with E-state index in [9.17, 15) is 18.4 Å². The fraction of sp³-hybridized carbons (Fsp3) is 0.292. The second kappa shape index (κ2) is 8.41. The maximum atomic E-state index is 13.8. The van der Waals surface area contributed by atoms with Gasteiger partial charge in [0.05, 0.1) is 11.1 Å². The van der Waals surface area contributed by atoms with E-state index in [1.165, 1.54) is 13.0 Å². The molecule has 1 aliphatic rings. The Labute approximate surface area is 178 Å². The number of para-hydroxylation sites is 2. The second-order valence-corrected chi connectivity index (χ2v) is 7.91. The molecule has 0 radical (unpaired) electrons. The Morgan fingerprint density at radius 1 is 1.13 bits per heavy atom. The number of benzene rings is 2. The van der Waals surface area contributed by atoms with Gasteiger partial charge >= 0.3 is 5.97 Å². The number of anilines is 1. The van der Waals surface area contributed by atoms with Crippen molar-refractivity contribution in [3.63, 3.8) is 0 Å². The van der Waals surface area contributed by atoms with Crippen LogP contribution in [0.15, 0.2) is 42.5 Å². The number of carbonyl (C=O) groups is 2. The van der Waals surface area contributed by atoms with Crippen molar-refractivity contribution in [2.75, 3.05) is 5.32 Å². The maximum absolute atomic E-state index is 13.8. The Balaban J connectivity index is 1.62. The number of hydrogen-bond donors (Lipinski definition) is 1. The van der Waals surface area contributed by atoms with Crippen molar-refractivity contribution in [3.05, 3.63) is 70.9 Å². The van der Waals surface area contributed by atoms with E-state index in [4.69, 9.17) is 9.72 Å². The predicted octanol–water partition coefficient (Wildman–Crippen LogP) is 4.82. The lowest BCUT2D eigenvalue weighted by molar-refractivity contribution is -0.123. The number of ether oxygens (including phenoxy) is 1. The summed E-state index contributed by atoms with van der Waals surface area (Å²) in [5, 5.41) is 2.82. The van der Waals surface area contributed by atoms with Crippen molar-refractivity contribution in [1.29, 1.82) is 0 Å². The molecule has 1 aliphatic carbocycles. The summed E-state index contributed by atoms with van der Waals surface area (Å²) in [6, 6.07) is 10.6. The number of nitrogens with one attached hydrogen (secondary N) is 1. The topological polar surface area (TPSA) is 68.3 Å². The number of aromatic nitrogens is 1. The first-order valence-electron chi connectivity index (χ1n) is 10.2. The molecule has 5 nitrogen and oxygen atoms in total. The highest BCUT2D eigenvalue weighted by Crippen LogP contribution is 2.32. The molecule has 2 unspecified atom stereocenters. The molecular weight excluding hydrogens is 402 g/mol. The Bertz CT molecular complexity index is 1160. The molecule has 4 rings (SSSR count). The van der Waals surface area contributed by atoms with Crippen molar-refractivity contribution in [1.82, 2.24) is 4.98 Å². The molecule has 0 saturated heterocycles. The average Bonchev–Trinajstić information content (AvgIpc) is 2.74.